The first-order chi connectivity index (χ1) is 14.5. The van der Waals surface area contributed by atoms with Crippen molar-refractivity contribution in [1.29, 1.82) is 0 Å². The Balaban J connectivity index is 1.79. The Labute approximate surface area is 178 Å². The summed E-state index contributed by atoms with van der Waals surface area (Å²) in [5.41, 5.74) is 0.0260. The van der Waals surface area contributed by atoms with Crippen LogP contribution < -0.4 is 15.0 Å². The highest BCUT2D eigenvalue weighted by atomic mass is 16.5. The Morgan fingerprint density at radius 1 is 1.20 bits per heavy atom. The normalized spacial score (nSPS) is 16.7. The number of carbonyl (C=O) groups excluding carboxylic acids is 2. The van der Waals surface area contributed by atoms with Crippen molar-refractivity contribution in [3.63, 3.8) is 0 Å². The molecule has 30 heavy (non-hydrogen) atoms. The number of methoxy groups -OCH3 is 1. The standard InChI is InChI=1S/C22H33N3O5/c1-5-22(6-2,21(27)29-7-3)24-19(26)17-10-11-18(25-12-16(13-25)28-4)20(23-17)30-14-15-8-9-15/h10-11,15-16H,5-9,12-14H2,1-4H3,(H,24,26)/i4-1. The molecule has 0 unspecified atom stereocenters. The Kier molecular flexibility index (Phi) is 7.18. The molecular weight excluding hydrogens is 385 g/mol. The molecule has 1 N–H and O–H groups in total. The van der Waals surface area contributed by atoms with Gasteiger partial charge in [-0.05, 0) is 50.7 Å². The maximum Gasteiger partial charge on any atom is 0.331 e. The second kappa shape index (κ2) is 9.64. The van der Waals surface area contributed by atoms with Gasteiger partial charge in [0.05, 0.1) is 19.3 Å². The predicted octanol–water partition coefficient (Wildman–Crippen LogP) is 2.56. The van der Waals surface area contributed by atoms with E-state index in [1.165, 1.54) is 12.8 Å². The van der Waals surface area contributed by atoms with Gasteiger partial charge in [-0.25, -0.2) is 9.78 Å². The van der Waals surface area contributed by atoms with Crippen LogP contribution in [-0.2, 0) is 14.3 Å². The van der Waals surface area contributed by atoms with E-state index >= 15 is 0 Å². The minimum absolute atomic E-state index is 0.198. The van der Waals surface area contributed by atoms with Crippen LogP contribution in [0.2, 0.25) is 0 Å². The zero-order valence-corrected chi connectivity index (χ0v) is 18.4. The fourth-order valence-electron chi connectivity index (χ4n) is 3.49. The SMILES string of the molecule is CCOC(=O)C(CC)(CC)NC(=O)c1ccc(N2CC(O[11CH3])C2)c(OCC2CC2)n1. The van der Waals surface area contributed by atoms with E-state index in [2.05, 4.69) is 15.2 Å². The topological polar surface area (TPSA) is 90.0 Å². The third-order valence-electron chi connectivity index (χ3n) is 5.97. The fourth-order valence-corrected chi connectivity index (χ4v) is 3.49. The van der Waals surface area contributed by atoms with E-state index in [9.17, 15) is 9.59 Å². The molecule has 1 aromatic heterocycles. The number of nitrogens with one attached hydrogen (secondary N) is 1. The molecule has 2 aliphatic rings. The summed E-state index contributed by atoms with van der Waals surface area (Å²) in [6.45, 7) is 7.87. The number of esters is 1. The van der Waals surface area contributed by atoms with E-state index in [1.54, 1.807) is 20.1 Å². The lowest BCUT2D eigenvalue weighted by Gasteiger charge is -2.40. The minimum Gasteiger partial charge on any atom is -0.476 e. The molecule has 1 aliphatic heterocycles. The highest BCUT2D eigenvalue weighted by molar-refractivity contribution is 5.97. The number of anilines is 1. The van der Waals surface area contributed by atoms with Crippen molar-refractivity contribution < 1.29 is 23.8 Å². The number of nitrogens with zero attached hydrogens (tertiary/aromatic N) is 2. The van der Waals surface area contributed by atoms with E-state index in [0.717, 1.165) is 18.8 Å². The predicted molar refractivity (Wildman–Crippen MR) is 113 cm³/mol. The van der Waals surface area contributed by atoms with Crippen molar-refractivity contribution in [2.75, 3.05) is 38.3 Å². The highest BCUT2D eigenvalue weighted by Gasteiger charge is 2.39. The Bertz CT molecular complexity index is 755. The largest absolute Gasteiger partial charge is 0.476 e. The maximum absolute atomic E-state index is 13.0. The summed E-state index contributed by atoms with van der Waals surface area (Å²) >= 11 is 0. The molecule has 1 saturated carbocycles. The molecule has 2 heterocycles. The Morgan fingerprint density at radius 2 is 1.90 bits per heavy atom. The van der Waals surface area contributed by atoms with Gasteiger partial charge < -0.3 is 24.4 Å². The molecule has 0 radical (unpaired) electrons. The molecule has 1 amide bonds. The van der Waals surface area contributed by atoms with E-state index < -0.39 is 17.4 Å². The minimum atomic E-state index is -1.06. The quantitative estimate of drug-likeness (QED) is 0.552. The summed E-state index contributed by atoms with van der Waals surface area (Å²) in [5.74, 6) is 0.194. The van der Waals surface area contributed by atoms with Crippen LogP contribution in [0.3, 0.4) is 0 Å². The van der Waals surface area contributed by atoms with Gasteiger partial charge in [0, 0.05) is 20.2 Å². The number of hydrogen-bond acceptors (Lipinski definition) is 7. The molecular formula is C22H33N3O5. The van der Waals surface area contributed by atoms with Crippen molar-refractivity contribution in [3.05, 3.63) is 17.8 Å². The van der Waals surface area contributed by atoms with Gasteiger partial charge in [0.15, 0.2) is 0 Å². The van der Waals surface area contributed by atoms with Gasteiger partial charge in [-0.2, -0.15) is 0 Å². The zero-order chi connectivity index (χ0) is 21.7. The lowest BCUT2D eigenvalue weighted by atomic mass is 9.92. The average Bonchev–Trinajstić information content (AvgIpc) is 3.55. The van der Waals surface area contributed by atoms with E-state index in [4.69, 9.17) is 14.2 Å². The van der Waals surface area contributed by atoms with E-state index in [0.29, 0.717) is 31.2 Å². The first kappa shape index (κ1) is 22.3. The molecule has 0 aromatic carbocycles. The van der Waals surface area contributed by atoms with Crippen molar-refractivity contribution >= 4 is 17.6 Å². The molecule has 3 rings (SSSR count). The van der Waals surface area contributed by atoms with E-state index in [-0.39, 0.29) is 18.4 Å². The summed E-state index contributed by atoms with van der Waals surface area (Å²) in [4.78, 5) is 32.1. The smallest absolute Gasteiger partial charge is 0.331 e. The fraction of sp³-hybridized carbons (Fsp3) is 0.682. The molecule has 0 bridgehead atoms. The number of carbonyl (C=O) groups is 2. The van der Waals surface area contributed by atoms with Gasteiger partial charge in [0.2, 0.25) is 5.88 Å². The van der Waals surface area contributed by atoms with Crippen LogP contribution in [-0.4, -0.2) is 61.9 Å². The van der Waals surface area contributed by atoms with Crippen LogP contribution in [0.4, 0.5) is 5.69 Å². The van der Waals surface area contributed by atoms with Crippen molar-refractivity contribution in [2.45, 2.75) is 58.1 Å². The first-order valence-corrected chi connectivity index (χ1v) is 10.9. The van der Waals surface area contributed by atoms with Gasteiger partial charge in [0.25, 0.3) is 5.91 Å². The second-order valence-corrected chi connectivity index (χ2v) is 8.00. The number of ether oxygens (including phenoxy) is 3. The molecule has 2 fully saturated rings. The first-order valence-electron chi connectivity index (χ1n) is 10.9. The molecule has 8 heteroatoms. The summed E-state index contributed by atoms with van der Waals surface area (Å²) < 4.78 is 16.5. The van der Waals surface area contributed by atoms with Gasteiger partial charge >= 0.3 is 5.97 Å². The lowest BCUT2D eigenvalue weighted by molar-refractivity contribution is -0.151. The lowest BCUT2D eigenvalue weighted by Crippen LogP contribution is -2.54. The molecule has 1 aromatic rings. The highest BCUT2D eigenvalue weighted by Crippen LogP contribution is 2.34. The molecule has 1 saturated heterocycles. The van der Waals surface area contributed by atoms with Gasteiger partial charge in [-0.1, -0.05) is 13.8 Å². The summed E-state index contributed by atoms with van der Waals surface area (Å²) in [7, 11) is 1.70. The Hall–Kier alpha value is -2.35. The van der Waals surface area contributed by atoms with Crippen molar-refractivity contribution in [2.24, 2.45) is 5.92 Å². The average molecular weight is 419 g/mol. The van der Waals surface area contributed by atoms with Crippen molar-refractivity contribution in [3.8, 4) is 5.88 Å². The number of aromatic nitrogens is 1. The van der Waals surface area contributed by atoms with E-state index in [1.807, 2.05) is 19.9 Å². The summed E-state index contributed by atoms with van der Waals surface area (Å²) in [6.07, 6.45) is 3.40. The molecule has 0 spiro atoms. The monoisotopic (exact) mass is 418 g/mol. The van der Waals surface area contributed by atoms with Crippen LogP contribution >= 0.6 is 0 Å². The van der Waals surface area contributed by atoms with Crippen LogP contribution in [0.15, 0.2) is 12.1 Å². The molecule has 8 nitrogen and oxygen atoms in total. The summed E-state index contributed by atoms with van der Waals surface area (Å²) in [6, 6.07) is 3.54. The van der Waals surface area contributed by atoms with Crippen molar-refractivity contribution in [1.82, 2.24) is 10.3 Å². The molecule has 1 aliphatic carbocycles. The number of rotatable bonds is 11. The third kappa shape index (κ3) is 4.86. The Morgan fingerprint density at radius 3 is 2.47 bits per heavy atom. The zero-order valence-electron chi connectivity index (χ0n) is 18.4. The molecule has 166 valence electrons. The van der Waals surface area contributed by atoms with Crippen LogP contribution in [0.5, 0.6) is 5.88 Å². The van der Waals surface area contributed by atoms with Gasteiger partial charge in [-0.3, -0.25) is 4.79 Å². The maximum atomic E-state index is 13.0. The number of hydrogen-bond donors (Lipinski definition) is 1. The number of amides is 1. The third-order valence-corrected chi connectivity index (χ3v) is 5.97. The summed E-state index contributed by atoms with van der Waals surface area (Å²) in [5, 5.41) is 2.86. The van der Waals surface area contributed by atoms with Gasteiger partial charge in [0.1, 0.15) is 16.9 Å². The van der Waals surface area contributed by atoms with Crippen LogP contribution in [0.1, 0.15) is 56.9 Å². The molecule has 0 atom stereocenters. The van der Waals surface area contributed by atoms with Crippen LogP contribution in [0.25, 0.3) is 0 Å². The van der Waals surface area contributed by atoms with Crippen LogP contribution in [0, 0.1) is 5.92 Å². The van der Waals surface area contributed by atoms with Gasteiger partial charge in [-0.15, -0.1) is 0 Å². The number of pyridine rings is 1. The second-order valence-electron chi connectivity index (χ2n) is 8.00.